The first kappa shape index (κ1) is 11.5. The van der Waals surface area contributed by atoms with E-state index in [1.165, 1.54) is 6.33 Å². The first-order valence-electron chi connectivity index (χ1n) is 5.35. The maximum Gasteiger partial charge on any atom is 0.269 e. The van der Waals surface area contributed by atoms with Crippen LogP contribution in [0.1, 0.15) is 10.5 Å². The second-order valence-corrected chi connectivity index (χ2v) is 3.91. The normalized spacial score (nSPS) is 17.8. The van der Waals surface area contributed by atoms with Crippen LogP contribution < -0.4 is 5.73 Å². The van der Waals surface area contributed by atoms with Crippen molar-refractivity contribution in [1.82, 2.24) is 19.9 Å². The SMILES string of the molecule is CN1CCN(N=Nc2nc[nH]c2C(N)=O)CC1. The van der Waals surface area contributed by atoms with E-state index >= 15 is 0 Å². The van der Waals surface area contributed by atoms with E-state index < -0.39 is 5.91 Å². The molecule has 1 aromatic heterocycles. The molecule has 0 radical (unpaired) electrons. The van der Waals surface area contributed by atoms with Crippen LogP contribution in [0.15, 0.2) is 16.7 Å². The summed E-state index contributed by atoms with van der Waals surface area (Å²) in [5.74, 6) is -0.355. The number of piperazine rings is 1. The number of aromatic nitrogens is 2. The summed E-state index contributed by atoms with van der Waals surface area (Å²) in [6, 6.07) is 0. The third kappa shape index (κ3) is 2.78. The molecule has 1 aromatic rings. The molecule has 1 aliphatic heterocycles. The van der Waals surface area contributed by atoms with Crippen molar-refractivity contribution in [3.63, 3.8) is 0 Å². The monoisotopic (exact) mass is 237 g/mol. The molecule has 0 unspecified atom stereocenters. The molecular formula is C9H15N7O. The number of imidazole rings is 1. The molecule has 0 aliphatic carbocycles. The van der Waals surface area contributed by atoms with Crippen molar-refractivity contribution in [2.24, 2.45) is 16.1 Å². The molecule has 1 saturated heterocycles. The molecule has 92 valence electrons. The number of primary amides is 1. The number of H-pyrrole nitrogens is 1. The van der Waals surface area contributed by atoms with Crippen LogP contribution in [0.3, 0.4) is 0 Å². The number of nitrogens with two attached hydrogens (primary N) is 1. The van der Waals surface area contributed by atoms with Gasteiger partial charge in [-0.05, 0) is 7.05 Å². The predicted molar refractivity (Wildman–Crippen MR) is 60.7 cm³/mol. The van der Waals surface area contributed by atoms with Crippen LogP contribution in [-0.2, 0) is 0 Å². The van der Waals surface area contributed by atoms with Gasteiger partial charge in [0.2, 0.25) is 5.82 Å². The largest absolute Gasteiger partial charge is 0.364 e. The van der Waals surface area contributed by atoms with Crippen LogP contribution >= 0.6 is 0 Å². The Morgan fingerprint density at radius 2 is 2.18 bits per heavy atom. The van der Waals surface area contributed by atoms with Gasteiger partial charge >= 0.3 is 0 Å². The first-order chi connectivity index (χ1) is 8.16. The lowest BCUT2D eigenvalue weighted by Crippen LogP contribution is -2.41. The molecule has 0 aromatic carbocycles. The lowest BCUT2D eigenvalue weighted by atomic mass is 10.4. The molecule has 0 saturated carbocycles. The molecule has 1 aliphatic rings. The zero-order valence-corrected chi connectivity index (χ0v) is 9.63. The van der Waals surface area contributed by atoms with Gasteiger partial charge in [-0.1, -0.05) is 5.22 Å². The molecule has 0 bridgehead atoms. The molecule has 17 heavy (non-hydrogen) atoms. The fourth-order valence-electron chi connectivity index (χ4n) is 1.54. The van der Waals surface area contributed by atoms with Gasteiger partial charge < -0.3 is 15.6 Å². The van der Waals surface area contributed by atoms with Crippen LogP contribution in [0.2, 0.25) is 0 Å². The number of rotatable bonds is 3. The lowest BCUT2D eigenvalue weighted by Gasteiger charge is -2.29. The lowest BCUT2D eigenvalue weighted by molar-refractivity contribution is 0.0996. The zero-order chi connectivity index (χ0) is 12.3. The number of nitrogens with one attached hydrogen (secondary N) is 1. The maximum absolute atomic E-state index is 11.0. The molecule has 2 heterocycles. The van der Waals surface area contributed by atoms with Crippen molar-refractivity contribution in [3.05, 3.63) is 12.0 Å². The third-order valence-corrected chi connectivity index (χ3v) is 2.61. The Morgan fingerprint density at radius 1 is 1.47 bits per heavy atom. The summed E-state index contributed by atoms with van der Waals surface area (Å²) in [7, 11) is 2.06. The van der Waals surface area contributed by atoms with Gasteiger partial charge in [-0.2, -0.15) is 0 Å². The number of carbonyl (C=O) groups excluding carboxylic acids is 1. The molecule has 8 heteroatoms. The molecule has 3 N–H and O–H groups in total. The number of hydrogen-bond donors (Lipinski definition) is 2. The number of carbonyl (C=O) groups is 1. The Hall–Kier alpha value is -1.96. The second-order valence-electron chi connectivity index (χ2n) is 3.91. The minimum atomic E-state index is -0.588. The Bertz CT molecular complexity index is 419. The molecule has 0 spiro atoms. The average Bonchev–Trinajstić information content (AvgIpc) is 2.76. The molecule has 1 amide bonds. The highest BCUT2D eigenvalue weighted by Crippen LogP contribution is 2.14. The van der Waals surface area contributed by atoms with E-state index in [2.05, 4.69) is 32.3 Å². The summed E-state index contributed by atoms with van der Waals surface area (Å²) < 4.78 is 0. The molecule has 1 fully saturated rings. The van der Waals surface area contributed by atoms with E-state index in [1.54, 1.807) is 0 Å². The van der Waals surface area contributed by atoms with Crippen LogP contribution in [0.5, 0.6) is 0 Å². The van der Waals surface area contributed by atoms with Crippen molar-refractivity contribution < 1.29 is 4.79 Å². The summed E-state index contributed by atoms with van der Waals surface area (Å²) in [5, 5.41) is 9.82. The zero-order valence-electron chi connectivity index (χ0n) is 9.63. The van der Waals surface area contributed by atoms with Crippen LogP contribution in [-0.4, -0.2) is 59.0 Å². The van der Waals surface area contributed by atoms with Gasteiger partial charge in [-0.15, -0.1) is 5.11 Å². The van der Waals surface area contributed by atoms with Crippen LogP contribution in [0.25, 0.3) is 0 Å². The number of hydrogen-bond acceptors (Lipinski definition) is 5. The van der Waals surface area contributed by atoms with Gasteiger partial charge in [0.15, 0.2) is 5.69 Å². The molecule has 2 rings (SSSR count). The van der Waals surface area contributed by atoms with Crippen molar-refractivity contribution in [2.45, 2.75) is 0 Å². The van der Waals surface area contributed by atoms with E-state index in [0.29, 0.717) is 0 Å². The van der Waals surface area contributed by atoms with Gasteiger partial charge in [-0.25, -0.2) is 4.98 Å². The minimum absolute atomic E-state index is 0.183. The van der Waals surface area contributed by atoms with Crippen molar-refractivity contribution in [2.75, 3.05) is 33.2 Å². The van der Waals surface area contributed by atoms with Crippen LogP contribution in [0.4, 0.5) is 5.82 Å². The highest BCUT2D eigenvalue weighted by Gasteiger charge is 2.13. The van der Waals surface area contributed by atoms with E-state index in [4.69, 9.17) is 5.73 Å². The van der Waals surface area contributed by atoms with Gasteiger partial charge in [0.05, 0.1) is 19.4 Å². The smallest absolute Gasteiger partial charge is 0.269 e. The highest BCUT2D eigenvalue weighted by molar-refractivity contribution is 5.94. The van der Waals surface area contributed by atoms with E-state index in [-0.39, 0.29) is 11.5 Å². The Balaban J connectivity index is 2.00. The molecule has 0 atom stereocenters. The fraction of sp³-hybridized carbons (Fsp3) is 0.556. The summed E-state index contributed by atoms with van der Waals surface area (Å²) >= 11 is 0. The molecular weight excluding hydrogens is 222 g/mol. The summed E-state index contributed by atoms with van der Waals surface area (Å²) in [6.07, 6.45) is 1.37. The van der Waals surface area contributed by atoms with Gasteiger partial charge in [0.25, 0.3) is 5.91 Å². The summed E-state index contributed by atoms with van der Waals surface area (Å²) in [6.45, 7) is 3.52. The third-order valence-electron chi connectivity index (χ3n) is 2.61. The second kappa shape index (κ2) is 4.91. The van der Waals surface area contributed by atoms with E-state index in [1.807, 2.05) is 5.01 Å². The van der Waals surface area contributed by atoms with Gasteiger partial charge in [0, 0.05) is 13.1 Å². The summed E-state index contributed by atoms with van der Waals surface area (Å²) in [5.41, 5.74) is 5.34. The van der Waals surface area contributed by atoms with Crippen molar-refractivity contribution in [1.29, 1.82) is 0 Å². The highest BCUT2D eigenvalue weighted by atomic mass is 16.1. The standard InChI is InChI=1S/C9H15N7O/c1-15-2-4-16(5-3-15)14-13-9-7(8(10)17)11-6-12-9/h6H,2-5H2,1H3,(H2,10,17)(H,11,12). The quantitative estimate of drug-likeness (QED) is 0.708. The van der Waals surface area contributed by atoms with Gasteiger partial charge in [-0.3, -0.25) is 9.80 Å². The summed E-state index contributed by atoms with van der Waals surface area (Å²) in [4.78, 5) is 19.7. The predicted octanol–water partition coefficient (Wildman–Crippen LogP) is -0.245. The number of aromatic amines is 1. The van der Waals surface area contributed by atoms with E-state index in [9.17, 15) is 4.79 Å². The Kier molecular flexibility index (Phi) is 3.33. The van der Waals surface area contributed by atoms with Crippen molar-refractivity contribution in [3.8, 4) is 0 Å². The minimum Gasteiger partial charge on any atom is -0.364 e. The van der Waals surface area contributed by atoms with Crippen LogP contribution in [0, 0.1) is 0 Å². The Morgan fingerprint density at radius 3 is 2.82 bits per heavy atom. The fourth-order valence-corrected chi connectivity index (χ4v) is 1.54. The Labute approximate surface area is 98.5 Å². The van der Waals surface area contributed by atoms with Crippen molar-refractivity contribution >= 4 is 11.7 Å². The average molecular weight is 237 g/mol. The topological polar surface area (TPSA) is 103 Å². The van der Waals surface area contributed by atoms with E-state index in [0.717, 1.165) is 26.2 Å². The molecule has 8 nitrogen and oxygen atoms in total. The number of nitrogens with zero attached hydrogens (tertiary/aromatic N) is 5. The first-order valence-corrected chi connectivity index (χ1v) is 5.35. The maximum atomic E-state index is 11.0. The van der Waals surface area contributed by atoms with Gasteiger partial charge in [0.1, 0.15) is 0 Å². The number of likely N-dealkylation sites (N-methyl/N-ethyl adjacent to an activating group) is 1. The number of amides is 1.